The molecule has 1 spiro atoms. The number of rotatable bonds is 5. The number of allylic oxidation sites excluding steroid dienone is 1. The molecule has 5 atom stereocenters. The number of para-hydroxylation sites is 1. The predicted molar refractivity (Wildman–Crippen MR) is 91.3 cm³/mol. The minimum atomic E-state index is -0.253. The van der Waals surface area contributed by atoms with E-state index in [1.54, 1.807) is 0 Å². The van der Waals surface area contributed by atoms with Gasteiger partial charge in [0, 0.05) is 12.3 Å². The van der Waals surface area contributed by atoms with E-state index in [4.69, 9.17) is 14.2 Å². The van der Waals surface area contributed by atoms with Gasteiger partial charge in [0.1, 0.15) is 32.8 Å². The minimum absolute atomic E-state index is 0.0347. The molecule has 3 aliphatic rings. The summed E-state index contributed by atoms with van der Waals surface area (Å²) in [5.41, 5.74) is 0.577. The monoisotopic (exact) mass is 310 g/mol. The van der Waals surface area contributed by atoms with Crippen LogP contribution in [0.25, 0.3) is 0 Å². The van der Waals surface area contributed by atoms with Gasteiger partial charge < -0.3 is 14.2 Å². The van der Waals surface area contributed by atoms with Gasteiger partial charge >= 0.3 is 0 Å². The average Bonchev–Trinajstić information content (AvgIpc) is 3.46. The molecule has 1 aromatic carbocycles. The molecule has 6 heteroatoms. The number of ketones is 1. The third-order valence-corrected chi connectivity index (χ3v) is 5.23. The normalized spacial score (nSPS) is 38.3. The second kappa shape index (κ2) is 5.53. The van der Waals surface area contributed by atoms with Crippen molar-refractivity contribution < 1.29 is 19.0 Å². The summed E-state index contributed by atoms with van der Waals surface area (Å²) in [6.45, 7) is 1.34. The smallest absolute Gasteiger partial charge is 0.144 e. The first-order valence-electron chi connectivity index (χ1n) is 8.32. The van der Waals surface area contributed by atoms with Gasteiger partial charge in [-0.25, -0.2) is 0 Å². The van der Waals surface area contributed by atoms with Crippen molar-refractivity contribution in [1.29, 1.82) is 0 Å². The number of ether oxygens (including phenoxy) is 3. The second-order valence-corrected chi connectivity index (χ2v) is 6.84. The van der Waals surface area contributed by atoms with Gasteiger partial charge in [-0.1, -0.05) is 24.3 Å². The van der Waals surface area contributed by atoms with Crippen LogP contribution < -0.4 is 4.74 Å². The molecule has 0 bridgehead atoms. The zero-order valence-corrected chi connectivity index (χ0v) is 13.5. The molecule has 0 saturated carbocycles. The van der Waals surface area contributed by atoms with Gasteiger partial charge in [0.25, 0.3) is 0 Å². The Hall–Kier alpha value is -1.52. The molecule has 1 aliphatic carbocycles. The van der Waals surface area contributed by atoms with Gasteiger partial charge in [0.15, 0.2) is 0 Å². The third kappa shape index (κ3) is 2.74. The fourth-order valence-corrected chi connectivity index (χ4v) is 3.92. The number of carbonyl (C=O) groups excluding carboxylic acids is 1. The summed E-state index contributed by atoms with van der Waals surface area (Å²) in [5, 5.41) is 0. The molecule has 2 saturated heterocycles. The average molecular weight is 310 g/mol. The quantitative estimate of drug-likeness (QED) is 0.573. The number of hydrogen-bond acceptors (Lipinski definition) is 4. The number of carbonyl (C=O) groups is 1. The van der Waals surface area contributed by atoms with Crippen molar-refractivity contribution in [1.82, 2.24) is 0 Å². The minimum Gasteiger partial charge on any atom is -0.493 e. The van der Waals surface area contributed by atoms with Crippen molar-refractivity contribution in [3.05, 3.63) is 41.9 Å². The van der Waals surface area contributed by atoms with Crippen molar-refractivity contribution in [3.63, 3.8) is 0 Å². The predicted octanol–water partition coefficient (Wildman–Crippen LogP) is 0.129. The molecule has 0 amide bonds. The van der Waals surface area contributed by atoms with Crippen LogP contribution in [0.15, 0.2) is 41.9 Å². The van der Waals surface area contributed by atoms with E-state index in [2.05, 4.69) is 0 Å². The van der Waals surface area contributed by atoms with Crippen LogP contribution in [0, 0.1) is 5.92 Å². The van der Waals surface area contributed by atoms with Crippen LogP contribution in [-0.2, 0) is 14.3 Å². The molecule has 0 N–H and O–H groups in total. The lowest BCUT2D eigenvalue weighted by atomic mass is 9.59. The van der Waals surface area contributed by atoms with Crippen molar-refractivity contribution >= 4 is 21.5 Å². The molecular formula is C17H20B2O4. The standard InChI is InChI=1S/C17H20B2O4/c18-11-8-17(9-22-17)13(14(19)15(11)20)16-12(23-16)6-7-21-10-4-2-1-3-5-10/h1-5,8,12-14,16H,6-7,9,18-19H2. The number of epoxide rings is 2. The Morgan fingerprint density at radius 3 is 2.74 bits per heavy atom. The van der Waals surface area contributed by atoms with Crippen LogP contribution in [0.5, 0.6) is 5.75 Å². The zero-order chi connectivity index (χ0) is 16.0. The van der Waals surface area contributed by atoms with Crippen LogP contribution in [0.4, 0.5) is 0 Å². The van der Waals surface area contributed by atoms with Crippen LogP contribution in [0.3, 0.4) is 0 Å². The molecule has 23 heavy (non-hydrogen) atoms. The van der Waals surface area contributed by atoms with Gasteiger partial charge in [-0.15, -0.1) is 0 Å². The maximum Gasteiger partial charge on any atom is 0.144 e. The Kier molecular flexibility index (Phi) is 3.62. The largest absolute Gasteiger partial charge is 0.493 e. The Morgan fingerprint density at radius 1 is 1.30 bits per heavy atom. The van der Waals surface area contributed by atoms with Gasteiger partial charge in [-0.05, 0) is 23.4 Å². The van der Waals surface area contributed by atoms with E-state index < -0.39 is 0 Å². The maximum atomic E-state index is 12.3. The molecule has 0 radical (unpaired) electrons. The molecule has 4 rings (SSSR count). The second-order valence-electron chi connectivity index (χ2n) is 6.84. The molecular weight excluding hydrogens is 290 g/mol. The van der Waals surface area contributed by atoms with E-state index >= 15 is 0 Å². The van der Waals surface area contributed by atoms with E-state index in [9.17, 15) is 4.79 Å². The molecule has 0 aromatic heterocycles. The summed E-state index contributed by atoms with van der Waals surface area (Å²) >= 11 is 0. The molecule has 4 nitrogen and oxygen atoms in total. The lowest BCUT2D eigenvalue weighted by Crippen LogP contribution is -2.40. The highest BCUT2D eigenvalue weighted by molar-refractivity contribution is 6.43. The van der Waals surface area contributed by atoms with Gasteiger partial charge in [0.05, 0.1) is 25.4 Å². The first-order valence-corrected chi connectivity index (χ1v) is 8.32. The fraction of sp³-hybridized carbons (Fsp3) is 0.471. The summed E-state index contributed by atoms with van der Waals surface area (Å²) in [7, 11) is 3.89. The highest BCUT2D eigenvalue weighted by Gasteiger charge is 2.63. The van der Waals surface area contributed by atoms with Crippen molar-refractivity contribution in [2.75, 3.05) is 13.2 Å². The molecule has 118 valence electrons. The van der Waals surface area contributed by atoms with E-state index in [1.807, 2.05) is 52.1 Å². The van der Waals surface area contributed by atoms with Crippen molar-refractivity contribution in [2.24, 2.45) is 5.92 Å². The van der Waals surface area contributed by atoms with E-state index in [1.165, 1.54) is 0 Å². The van der Waals surface area contributed by atoms with Crippen LogP contribution >= 0.6 is 0 Å². The summed E-state index contributed by atoms with van der Waals surface area (Å²) in [6, 6.07) is 9.80. The Labute approximate surface area is 138 Å². The van der Waals surface area contributed by atoms with E-state index in [0.29, 0.717) is 13.2 Å². The van der Waals surface area contributed by atoms with Crippen molar-refractivity contribution in [3.8, 4) is 5.75 Å². The van der Waals surface area contributed by atoms with Crippen molar-refractivity contribution in [2.45, 2.75) is 30.0 Å². The molecule has 2 heterocycles. The van der Waals surface area contributed by atoms with E-state index in [-0.39, 0.29) is 35.3 Å². The van der Waals surface area contributed by atoms with Crippen LogP contribution in [-0.4, -0.2) is 52.5 Å². The summed E-state index contributed by atoms with van der Waals surface area (Å²) in [4.78, 5) is 12.3. The zero-order valence-electron chi connectivity index (χ0n) is 13.5. The molecule has 2 fully saturated rings. The number of Topliss-reactive ketones (excluding diaryl/α,β-unsaturated/α-hetero) is 1. The lowest BCUT2D eigenvalue weighted by Gasteiger charge is -2.31. The molecule has 2 aliphatic heterocycles. The summed E-state index contributed by atoms with van der Waals surface area (Å²) < 4.78 is 17.3. The highest BCUT2D eigenvalue weighted by Crippen LogP contribution is 2.53. The Morgan fingerprint density at radius 2 is 2.04 bits per heavy atom. The molecule has 1 aromatic rings. The summed E-state index contributed by atoms with van der Waals surface area (Å²) in [5.74, 6) is 1.21. The lowest BCUT2D eigenvalue weighted by molar-refractivity contribution is -0.117. The Balaban J connectivity index is 1.35. The topological polar surface area (TPSA) is 51.4 Å². The number of hydrogen-bond donors (Lipinski definition) is 0. The number of benzene rings is 1. The fourth-order valence-electron chi connectivity index (χ4n) is 3.92. The summed E-state index contributed by atoms with van der Waals surface area (Å²) in [6.07, 6.45) is 3.14. The van der Waals surface area contributed by atoms with Gasteiger partial charge in [0.2, 0.25) is 0 Å². The maximum absolute atomic E-state index is 12.3. The Bertz CT molecular complexity index is 641. The first-order chi connectivity index (χ1) is 11.1. The van der Waals surface area contributed by atoms with Crippen LogP contribution in [0.1, 0.15) is 6.42 Å². The first kappa shape index (κ1) is 15.0. The van der Waals surface area contributed by atoms with E-state index in [0.717, 1.165) is 17.6 Å². The highest BCUT2D eigenvalue weighted by atomic mass is 16.6. The molecule has 5 unspecified atom stereocenters. The van der Waals surface area contributed by atoms with Gasteiger partial charge in [-0.2, -0.15) is 0 Å². The third-order valence-electron chi connectivity index (χ3n) is 5.23. The van der Waals surface area contributed by atoms with Crippen LogP contribution in [0.2, 0.25) is 5.82 Å². The van der Waals surface area contributed by atoms with Gasteiger partial charge in [-0.3, -0.25) is 4.79 Å². The SMILES string of the molecule is BC1=CC2(CO2)C(C2OC2CCOc2ccccc2)C(B)C1=O.